The highest BCUT2D eigenvalue weighted by atomic mass is 35.5. The Morgan fingerprint density at radius 1 is 1.03 bits per heavy atom. The SMILES string of the molecule is O=C(O)CNC(=O)c1nc2cc(-c3ccc(OCc4cccc(Cl)c4)c(Cl)c3)ccc2[nH]1. The monoisotopic (exact) mass is 469 g/mol. The maximum Gasteiger partial charge on any atom is 0.322 e. The van der Waals surface area contributed by atoms with Gasteiger partial charge in [0.1, 0.15) is 18.9 Å². The van der Waals surface area contributed by atoms with Crippen molar-refractivity contribution in [3.63, 3.8) is 0 Å². The number of halogens is 2. The predicted octanol–water partition coefficient (Wildman–Crippen LogP) is 4.93. The summed E-state index contributed by atoms with van der Waals surface area (Å²) in [5.74, 6) is -1.13. The first-order valence-corrected chi connectivity index (χ1v) is 10.3. The molecular weight excluding hydrogens is 453 g/mol. The zero-order chi connectivity index (χ0) is 22.7. The van der Waals surface area contributed by atoms with Gasteiger partial charge in [0.2, 0.25) is 0 Å². The number of carboxylic acids is 1. The van der Waals surface area contributed by atoms with E-state index in [9.17, 15) is 9.59 Å². The fraction of sp³-hybridized carbons (Fsp3) is 0.0870. The molecule has 3 aromatic carbocycles. The Balaban J connectivity index is 1.51. The molecule has 0 saturated carbocycles. The number of nitrogens with one attached hydrogen (secondary N) is 2. The Kier molecular flexibility index (Phi) is 6.30. The van der Waals surface area contributed by atoms with Gasteiger partial charge in [-0.25, -0.2) is 4.98 Å². The summed E-state index contributed by atoms with van der Waals surface area (Å²) in [6, 6.07) is 18.4. The number of aliphatic carboxylic acids is 1. The highest BCUT2D eigenvalue weighted by molar-refractivity contribution is 6.32. The van der Waals surface area contributed by atoms with Crippen molar-refractivity contribution in [2.75, 3.05) is 6.54 Å². The minimum absolute atomic E-state index is 0.0428. The number of H-pyrrole nitrogens is 1. The van der Waals surface area contributed by atoms with Gasteiger partial charge in [-0.1, -0.05) is 47.5 Å². The number of nitrogens with zero attached hydrogens (tertiary/aromatic N) is 1. The minimum atomic E-state index is -1.13. The molecule has 0 aliphatic carbocycles. The third-order valence-electron chi connectivity index (χ3n) is 4.65. The number of fused-ring (bicyclic) bond motifs is 1. The lowest BCUT2D eigenvalue weighted by molar-refractivity contribution is -0.135. The van der Waals surface area contributed by atoms with Crippen molar-refractivity contribution in [2.24, 2.45) is 0 Å². The molecule has 1 amide bonds. The average Bonchev–Trinajstić information content (AvgIpc) is 3.20. The zero-order valence-electron chi connectivity index (χ0n) is 16.6. The van der Waals surface area contributed by atoms with E-state index in [1.54, 1.807) is 24.3 Å². The van der Waals surface area contributed by atoms with Gasteiger partial charge in [-0.05, 0) is 53.1 Å². The van der Waals surface area contributed by atoms with Crippen molar-refractivity contribution < 1.29 is 19.4 Å². The molecule has 1 aromatic heterocycles. The van der Waals surface area contributed by atoms with Crippen molar-refractivity contribution >= 4 is 46.1 Å². The molecule has 0 aliphatic rings. The summed E-state index contributed by atoms with van der Waals surface area (Å²) in [6.07, 6.45) is 0. The molecule has 7 nitrogen and oxygen atoms in total. The predicted molar refractivity (Wildman–Crippen MR) is 122 cm³/mol. The summed E-state index contributed by atoms with van der Waals surface area (Å²) in [5, 5.41) is 12.1. The van der Waals surface area contributed by atoms with E-state index < -0.39 is 18.4 Å². The van der Waals surface area contributed by atoms with Crippen LogP contribution in [0.3, 0.4) is 0 Å². The number of aromatic amines is 1. The van der Waals surface area contributed by atoms with Crippen LogP contribution in [0, 0.1) is 0 Å². The molecule has 1 heterocycles. The zero-order valence-corrected chi connectivity index (χ0v) is 18.1. The molecule has 0 fully saturated rings. The van der Waals surface area contributed by atoms with E-state index >= 15 is 0 Å². The first-order valence-electron chi connectivity index (χ1n) is 9.56. The van der Waals surface area contributed by atoms with Crippen LogP contribution in [0.4, 0.5) is 0 Å². The molecule has 0 aliphatic heterocycles. The quantitative estimate of drug-likeness (QED) is 0.355. The van der Waals surface area contributed by atoms with E-state index in [4.69, 9.17) is 33.0 Å². The molecule has 3 N–H and O–H groups in total. The summed E-state index contributed by atoms with van der Waals surface area (Å²) in [4.78, 5) is 29.8. The Hall–Kier alpha value is -3.55. The van der Waals surface area contributed by atoms with Crippen LogP contribution in [0.15, 0.2) is 60.7 Å². The van der Waals surface area contributed by atoms with Gasteiger partial charge >= 0.3 is 5.97 Å². The van der Waals surface area contributed by atoms with Gasteiger partial charge in [0.05, 0.1) is 16.1 Å². The maximum atomic E-state index is 12.0. The number of ether oxygens (including phenoxy) is 1. The second kappa shape index (κ2) is 9.30. The lowest BCUT2D eigenvalue weighted by Gasteiger charge is -2.10. The summed E-state index contributed by atoms with van der Waals surface area (Å²) in [5.41, 5.74) is 3.86. The van der Waals surface area contributed by atoms with Crippen LogP contribution in [-0.2, 0) is 11.4 Å². The van der Waals surface area contributed by atoms with E-state index in [2.05, 4.69) is 15.3 Å². The molecule has 32 heavy (non-hydrogen) atoms. The molecule has 0 spiro atoms. The highest BCUT2D eigenvalue weighted by Gasteiger charge is 2.13. The summed E-state index contributed by atoms with van der Waals surface area (Å²) in [7, 11) is 0. The fourth-order valence-corrected chi connectivity index (χ4v) is 3.57. The average molecular weight is 470 g/mol. The van der Waals surface area contributed by atoms with Gasteiger partial charge in [-0.3, -0.25) is 9.59 Å². The van der Waals surface area contributed by atoms with Gasteiger partial charge in [0.15, 0.2) is 5.82 Å². The van der Waals surface area contributed by atoms with Crippen LogP contribution in [0.25, 0.3) is 22.2 Å². The number of imidazole rings is 1. The van der Waals surface area contributed by atoms with Gasteiger partial charge in [0, 0.05) is 5.02 Å². The van der Waals surface area contributed by atoms with Gasteiger partial charge in [-0.2, -0.15) is 0 Å². The van der Waals surface area contributed by atoms with Gasteiger partial charge < -0.3 is 20.1 Å². The van der Waals surface area contributed by atoms with E-state index in [1.807, 2.05) is 36.4 Å². The summed E-state index contributed by atoms with van der Waals surface area (Å²) >= 11 is 12.4. The Bertz CT molecular complexity index is 1320. The van der Waals surface area contributed by atoms with Crippen LogP contribution in [-0.4, -0.2) is 33.5 Å². The molecule has 4 rings (SSSR count). The van der Waals surface area contributed by atoms with Crippen LogP contribution >= 0.6 is 23.2 Å². The van der Waals surface area contributed by atoms with E-state index in [1.165, 1.54) is 0 Å². The van der Waals surface area contributed by atoms with Crippen LogP contribution in [0.1, 0.15) is 16.2 Å². The fourth-order valence-electron chi connectivity index (χ4n) is 3.12. The van der Waals surface area contributed by atoms with Crippen molar-refractivity contribution in [2.45, 2.75) is 6.61 Å². The Morgan fingerprint density at radius 2 is 1.81 bits per heavy atom. The lowest BCUT2D eigenvalue weighted by Crippen LogP contribution is -2.29. The number of aromatic nitrogens is 2. The molecule has 162 valence electrons. The lowest BCUT2D eigenvalue weighted by atomic mass is 10.1. The van der Waals surface area contributed by atoms with E-state index in [0.717, 1.165) is 16.7 Å². The van der Waals surface area contributed by atoms with E-state index in [-0.39, 0.29) is 5.82 Å². The molecule has 9 heteroatoms. The van der Waals surface area contributed by atoms with Crippen molar-refractivity contribution in [1.82, 2.24) is 15.3 Å². The summed E-state index contributed by atoms with van der Waals surface area (Å²) in [6.45, 7) is -0.142. The minimum Gasteiger partial charge on any atom is -0.487 e. The Labute approximate surface area is 193 Å². The standard InChI is InChI=1S/C23H17Cl2N3O4/c24-16-3-1-2-13(8-16)12-32-20-7-5-14(9-17(20)25)15-4-6-18-19(10-15)28-22(27-18)23(31)26-11-21(29)30/h1-10H,11-12H2,(H,26,31)(H,27,28)(H,29,30). The first kappa shape index (κ1) is 21.7. The second-order valence-corrected chi connectivity index (χ2v) is 7.80. The smallest absolute Gasteiger partial charge is 0.322 e. The number of amides is 1. The molecule has 0 saturated heterocycles. The molecular formula is C23H17Cl2N3O4. The number of hydrogen-bond acceptors (Lipinski definition) is 4. The molecule has 0 bridgehead atoms. The molecule has 0 unspecified atom stereocenters. The third-order valence-corrected chi connectivity index (χ3v) is 5.18. The van der Waals surface area contributed by atoms with Gasteiger partial charge in [0.25, 0.3) is 5.91 Å². The van der Waals surface area contributed by atoms with Crippen molar-refractivity contribution in [1.29, 1.82) is 0 Å². The number of hydrogen-bond donors (Lipinski definition) is 3. The number of carboxylic acid groups (broad SMARTS) is 1. The highest BCUT2D eigenvalue weighted by Crippen LogP contribution is 2.32. The van der Waals surface area contributed by atoms with E-state index in [0.29, 0.717) is 33.4 Å². The maximum absolute atomic E-state index is 12.0. The van der Waals surface area contributed by atoms with Crippen LogP contribution < -0.4 is 10.1 Å². The normalized spacial score (nSPS) is 10.8. The van der Waals surface area contributed by atoms with Crippen molar-refractivity contribution in [3.05, 3.63) is 82.1 Å². The number of rotatable bonds is 7. The number of benzene rings is 3. The van der Waals surface area contributed by atoms with Crippen LogP contribution in [0.2, 0.25) is 10.0 Å². The number of carbonyl (C=O) groups is 2. The molecule has 0 atom stereocenters. The Morgan fingerprint density at radius 3 is 2.56 bits per heavy atom. The van der Waals surface area contributed by atoms with Crippen molar-refractivity contribution in [3.8, 4) is 16.9 Å². The summed E-state index contributed by atoms with van der Waals surface area (Å²) < 4.78 is 5.81. The third kappa shape index (κ3) is 5.01. The number of carbonyl (C=O) groups excluding carboxylic acids is 1. The van der Waals surface area contributed by atoms with Crippen LogP contribution in [0.5, 0.6) is 5.75 Å². The largest absolute Gasteiger partial charge is 0.487 e. The second-order valence-electron chi connectivity index (χ2n) is 6.96. The van der Waals surface area contributed by atoms with Gasteiger partial charge in [-0.15, -0.1) is 0 Å². The topological polar surface area (TPSA) is 104 Å². The molecule has 4 aromatic rings. The first-order chi connectivity index (χ1) is 15.4. The molecule has 0 radical (unpaired) electrons.